The number of aryl methyl sites for hydroxylation is 2. The Labute approximate surface area is 151 Å². The van der Waals surface area contributed by atoms with Crippen molar-refractivity contribution >= 4 is 11.5 Å². The summed E-state index contributed by atoms with van der Waals surface area (Å²) in [5.41, 5.74) is 3.99. The van der Waals surface area contributed by atoms with Gasteiger partial charge in [-0.2, -0.15) is 9.61 Å². The van der Waals surface area contributed by atoms with Gasteiger partial charge in [0.05, 0.1) is 11.4 Å². The molecule has 4 aromatic rings. The van der Waals surface area contributed by atoms with Gasteiger partial charge in [-0.3, -0.25) is 0 Å². The molecule has 0 aliphatic rings. The molecule has 132 valence electrons. The van der Waals surface area contributed by atoms with Gasteiger partial charge in [0.15, 0.2) is 11.5 Å². The molecule has 0 amide bonds. The minimum absolute atomic E-state index is 0.190. The van der Waals surface area contributed by atoms with Crippen LogP contribution in [0.4, 0.5) is 5.82 Å². The normalized spacial score (nSPS) is 12.4. The topological polar surface area (TPSA) is 72.9 Å². The molecule has 0 saturated heterocycles. The van der Waals surface area contributed by atoms with Gasteiger partial charge >= 0.3 is 0 Å². The van der Waals surface area contributed by atoms with Crippen LogP contribution in [-0.2, 0) is 6.42 Å². The van der Waals surface area contributed by atoms with Crippen LogP contribution in [0.3, 0.4) is 0 Å². The zero-order valence-corrected chi connectivity index (χ0v) is 15.1. The van der Waals surface area contributed by atoms with Crippen LogP contribution in [0.2, 0.25) is 0 Å². The number of nitrogens with one attached hydrogen (secondary N) is 1. The second-order valence-electron chi connectivity index (χ2n) is 6.51. The SMILES string of the molecule is Cc1cc(C[C@H](C)Nc2ccc3nnc(C)n3n2)n(-c2ccccc2)n1. The molecule has 1 aromatic carbocycles. The molecule has 0 radical (unpaired) electrons. The molecule has 1 atom stereocenters. The molecule has 0 saturated carbocycles. The molecule has 7 heteroatoms. The van der Waals surface area contributed by atoms with Gasteiger partial charge in [-0.15, -0.1) is 15.3 Å². The maximum absolute atomic E-state index is 4.64. The molecular weight excluding hydrogens is 326 g/mol. The average molecular weight is 347 g/mol. The van der Waals surface area contributed by atoms with E-state index in [1.807, 2.05) is 48.9 Å². The summed E-state index contributed by atoms with van der Waals surface area (Å²) >= 11 is 0. The highest BCUT2D eigenvalue weighted by Crippen LogP contribution is 2.16. The predicted octanol–water partition coefficient (Wildman–Crippen LogP) is 2.97. The van der Waals surface area contributed by atoms with Gasteiger partial charge in [0.1, 0.15) is 5.82 Å². The van der Waals surface area contributed by atoms with Crippen LogP contribution >= 0.6 is 0 Å². The lowest BCUT2D eigenvalue weighted by Crippen LogP contribution is -2.21. The van der Waals surface area contributed by atoms with Crippen molar-refractivity contribution in [3.63, 3.8) is 0 Å². The summed E-state index contributed by atoms with van der Waals surface area (Å²) < 4.78 is 3.75. The summed E-state index contributed by atoms with van der Waals surface area (Å²) in [7, 11) is 0. The Hall–Kier alpha value is -3.22. The van der Waals surface area contributed by atoms with Gasteiger partial charge in [-0.1, -0.05) is 18.2 Å². The van der Waals surface area contributed by atoms with Crippen molar-refractivity contribution in [2.75, 3.05) is 5.32 Å². The van der Waals surface area contributed by atoms with E-state index in [0.717, 1.165) is 40.8 Å². The standard InChI is InChI=1S/C19H21N7/c1-13(20-18-9-10-19-22-21-15(3)25(19)24-18)11-17-12-14(2)23-26(17)16-7-5-4-6-8-16/h4-10,12-13H,11H2,1-3H3,(H,20,24)/t13-/m0/s1. The predicted molar refractivity (Wildman–Crippen MR) is 101 cm³/mol. The molecule has 0 bridgehead atoms. The Balaban J connectivity index is 1.54. The van der Waals surface area contributed by atoms with Gasteiger partial charge in [0.25, 0.3) is 0 Å². The highest BCUT2D eigenvalue weighted by molar-refractivity contribution is 5.44. The van der Waals surface area contributed by atoms with Crippen molar-refractivity contribution in [3.05, 3.63) is 65.7 Å². The summed E-state index contributed by atoms with van der Waals surface area (Å²) in [4.78, 5) is 0. The number of anilines is 1. The van der Waals surface area contributed by atoms with E-state index in [9.17, 15) is 0 Å². The number of hydrogen-bond donors (Lipinski definition) is 1. The minimum Gasteiger partial charge on any atom is -0.366 e. The molecule has 3 aromatic heterocycles. The molecule has 0 fully saturated rings. The monoisotopic (exact) mass is 347 g/mol. The molecule has 0 aliphatic carbocycles. The Kier molecular flexibility index (Phi) is 4.12. The molecule has 4 rings (SSSR count). The largest absolute Gasteiger partial charge is 0.366 e. The minimum atomic E-state index is 0.190. The second-order valence-corrected chi connectivity index (χ2v) is 6.51. The Morgan fingerprint density at radius 3 is 2.62 bits per heavy atom. The van der Waals surface area contributed by atoms with Crippen LogP contribution in [0.25, 0.3) is 11.3 Å². The highest BCUT2D eigenvalue weighted by atomic mass is 15.4. The van der Waals surface area contributed by atoms with Crippen LogP contribution in [-0.4, -0.2) is 35.6 Å². The Morgan fingerprint density at radius 2 is 1.81 bits per heavy atom. The van der Waals surface area contributed by atoms with Crippen molar-refractivity contribution in [1.82, 2.24) is 29.6 Å². The van der Waals surface area contributed by atoms with Gasteiger partial charge in [0, 0.05) is 18.2 Å². The third kappa shape index (κ3) is 3.15. The maximum atomic E-state index is 4.64. The van der Waals surface area contributed by atoms with Crippen LogP contribution in [0.15, 0.2) is 48.5 Å². The van der Waals surface area contributed by atoms with E-state index in [1.165, 1.54) is 0 Å². The lowest BCUT2D eigenvalue weighted by molar-refractivity contribution is 0.712. The summed E-state index contributed by atoms with van der Waals surface area (Å²) in [6, 6.07) is 16.4. The van der Waals surface area contributed by atoms with E-state index >= 15 is 0 Å². The van der Waals surface area contributed by atoms with E-state index in [2.05, 4.69) is 50.8 Å². The molecule has 0 unspecified atom stereocenters. The number of rotatable bonds is 5. The van der Waals surface area contributed by atoms with Gasteiger partial charge in [-0.25, -0.2) is 4.68 Å². The number of fused-ring (bicyclic) bond motifs is 1. The second kappa shape index (κ2) is 6.59. The fourth-order valence-electron chi connectivity index (χ4n) is 3.08. The number of hydrogen-bond acceptors (Lipinski definition) is 5. The molecule has 0 aliphatic heterocycles. The smallest absolute Gasteiger partial charge is 0.178 e. The number of nitrogens with zero attached hydrogens (tertiary/aromatic N) is 6. The van der Waals surface area contributed by atoms with Crippen molar-refractivity contribution < 1.29 is 0 Å². The summed E-state index contributed by atoms with van der Waals surface area (Å²) in [6.45, 7) is 6.05. The Morgan fingerprint density at radius 1 is 1.00 bits per heavy atom. The van der Waals surface area contributed by atoms with Crippen LogP contribution in [0.5, 0.6) is 0 Å². The van der Waals surface area contributed by atoms with E-state index < -0.39 is 0 Å². The van der Waals surface area contributed by atoms with Crippen molar-refractivity contribution in [3.8, 4) is 5.69 Å². The molecule has 7 nitrogen and oxygen atoms in total. The number of benzene rings is 1. The first-order chi connectivity index (χ1) is 12.6. The first kappa shape index (κ1) is 16.3. The van der Waals surface area contributed by atoms with Crippen LogP contribution in [0, 0.1) is 13.8 Å². The van der Waals surface area contributed by atoms with E-state index in [1.54, 1.807) is 4.52 Å². The summed E-state index contributed by atoms with van der Waals surface area (Å²) in [5, 5.41) is 20.8. The third-order valence-electron chi connectivity index (χ3n) is 4.23. The van der Waals surface area contributed by atoms with Crippen LogP contribution in [0.1, 0.15) is 24.1 Å². The average Bonchev–Trinajstić information content (AvgIpc) is 3.18. The number of aromatic nitrogens is 6. The van der Waals surface area contributed by atoms with E-state index in [-0.39, 0.29) is 6.04 Å². The van der Waals surface area contributed by atoms with Crippen molar-refractivity contribution in [1.29, 1.82) is 0 Å². The molecular formula is C19H21N7. The zero-order chi connectivity index (χ0) is 18.1. The first-order valence-electron chi connectivity index (χ1n) is 8.67. The molecule has 3 heterocycles. The zero-order valence-electron chi connectivity index (χ0n) is 15.1. The summed E-state index contributed by atoms with van der Waals surface area (Å²) in [5.74, 6) is 1.57. The lowest BCUT2D eigenvalue weighted by Gasteiger charge is -2.15. The third-order valence-corrected chi connectivity index (χ3v) is 4.23. The molecule has 26 heavy (non-hydrogen) atoms. The van der Waals surface area contributed by atoms with E-state index in [0.29, 0.717) is 0 Å². The number of para-hydroxylation sites is 1. The van der Waals surface area contributed by atoms with Crippen molar-refractivity contribution in [2.45, 2.75) is 33.2 Å². The van der Waals surface area contributed by atoms with Gasteiger partial charge in [-0.05, 0) is 51.1 Å². The molecule has 1 N–H and O–H groups in total. The van der Waals surface area contributed by atoms with E-state index in [4.69, 9.17) is 0 Å². The Bertz CT molecular complexity index is 1030. The molecule has 0 spiro atoms. The highest BCUT2D eigenvalue weighted by Gasteiger charge is 2.12. The quantitative estimate of drug-likeness (QED) is 0.601. The maximum Gasteiger partial charge on any atom is 0.178 e. The van der Waals surface area contributed by atoms with Gasteiger partial charge < -0.3 is 5.32 Å². The first-order valence-corrected chi connectivity index (χ1v) is 8.67. The van der Waals surface area contributed by atoms with Crippen LogP contribution < -0.4 is 5.32 Å². The fraction of sp³-hybridized carbons (Fsp3) is 0.263. The van der Waals surface area contributed by atoms with Gasteiger partial charge in [0.2, 0.25) is 0 Å². The van der Waals surface area contributed by atoms with Crippen molar-refractivity contribution in [2.24, 2.45) is 0 Å². The lowest BCUT2D eigenvalue weighted by atomic mass is 10.1. The fourth-order valence-corrected chi connectivity index (χ4v) is 3.08. The summed E-state index contributed by atoms with van der Waals surface area (Å²) in [6.07, 6.45) is 0.830.